The molecule has 2 heterocycles. The summed E-state index contributed by atoms with van der Waals surface area (Å²) in [5, 5.41) is 26.8. The molecule has 0 saturated carbocycles. The standard InChI is InChI=1S/C32H54N6O10S2/c1-36-11-13-37(27(29(39)40)7-9-33-31(49)47-21-19-45-17-15-43-2)23-25-5-4-6-26(35-25)24-38(14-12-36)28(30(41)42)8-10-34-32(50)48-22-20-46-18-16-44-3/h4-6,27-28H,7-24H2,1-3H3,(H,33,49)(H,34,50)(H,39,40)(H,41,42). The third kappa shape index (κ3) is 18.4. The molecule has 1 aliphatic rings. The van der Waals surface area contributed by atoms with E-state index in [1.807, 2.05) is 35.0 Å². The van der Waals surface area contributed by atoms with E-state index >= 15 is 0 Å². The Morgan fingerprint density at radius 2 is 1.16 bits per heavy atom. The molecule has 1 aromatic heterocycles. The van der Waals surface area contributed by atoms with E-state index in [1.165, 1.54) is 0 Å². The molecule has 284 valence electrons. The fourth-order valence-electron chi connectivity index (χ4n) is 5.05. The summed E-state index contributed by atoms with van der Waals surface area (Å²) in [5.74, 6) is -1.89. The molecule has 0 aromatic carbocycles. The van der Waals surface area contributed by atoms with Crippen LogP contribution < -0.4 is 10.6 Å². The molecule has 2 atom stereocenters. The highest BCUT2D eigenvalue weighted by Crippen LogP contribution is 2.15. The summed E-state index contributed by atoms with van der Waals surface area (Å²) < 4.78 is 31.5. The highest BCUT2D eigenvalue weighted by atomic mass is 32.1. The Morgan fingerprint density at radius 3 is 1.56 bits per heavy atom. The minimum Gasteiger partial charge on any atom is -0.480 e. The van der Waals surface area contributed by atoms with Gasteiger partial charge in [-0.2, -0.15) is 0 Å². The number of aromatic nitrogens is 1. The van der Waals surface area contributed by atoms with Crippen molar-refractivity contribution in [2.75, 3.05) is 113 Å². The Kier molecular flexibility index (Phi) is 22.6. The van der Waals surface area contributed by atoms with Crippen molar-refractivity contribution in [2.24, 2.45) is 0 Å². The topological polar surface area (TPSA) is 177 Å². The van der Waals surface area contributed by atoms with Crippen LogP contribution in [0, 0.1) is 0 Å². The van der Waals surface area contributed by atoms with Crippen LogP contribution in [0.3, 0.4) is 0 Å². The molecule has 50 heavy (non-hydrogen) atoms. The van der Waals surface area contributed by atoms with Crippen molar-refractivity contribution in [3.63, 3.8) is 0 Å². The molecule has 0 radical (unpaired) electrons. The van der Waals surface area contributed by atoms with Crippen LogP contribution in [0.25, 0.3) is 0 Å². The van der Waals surface area contributed by atoms with E-state index < -0.39 is 24.0 Å². The zero-order chi connectivity index (χ0) is 36.6. The minimum absolute atomic E-state index is 0.183. The van der Waals surface area contributed by atoms with Gasteiger partial charge in [-0.15, -0.1) is 0 Å². The van der Waals surface area contributed by atoms with Crippen LogP contribution in [-0.4, -0.2) is 178 Å². The van der Waals surface area contributed by atoms with Crippen molar-refractivity contribution in [3.05, 3.63) is 29.6 Å². The number of fused-ring (bicyclic) bond motifs is 2. The third-order valence-corrected chi connectivity index (χ3v) is 8.27. The Balaban J connectivity index is 2.00. The maximum atomic E-state index is 12.5. The van der Waals surface area contributed by atoms with Crippen molar-refractivity contribution in [2.45, 2.75) is 38.0 Å². The Bertz CT molecular complexity index is 1080. The molecule has 2 rings (SSSR count). The van der Waals surface area contributed by atoms with E-state index in [1.54, 1.807) is 14.2 Å². The second-order valence-corrected chi connectivity index (χ2v) is 12.2. The molecule has 1 aromatic rings. The van der Waals surface area contributed by atoms with Gasteiger partial charge in [-0.3, -0.25) is 24.4 Å². The van der Waals surface area contributed by atoms with Gasteiger partial charge in [-0.25, -0.2) is 0 Å². The normalized spacial score (nSPS) is 16.0. The van der Waals surface area contributed by atoms with Crippen molar-refractivity contribution in [3.8, 4) is 0 Å². The molecule has 2 unspecified atom stereocenters. The predicted octanol–water partition coefficient (Wildman–Crippen LogP) is 0.426. The number of nitrogens with one attached hydrogen (secondary N) is 2. The van der Waals surface area contributed by atoms with Crippen LogP contribution in [0.1, 0.15) is 24.2 Å². The quantitative estimate of drug-likeness (QED) is 0.0948. The lowest BCUT2D eigenvalue weighted by Crippen LogP contribution is -2.48. The first kappa shape index (κ1) is 43.4. The Morgan fingerprint density at radius 1 is 0.740 bits per heavy atom. The van der Waals surface area contributed by atoms with E-state index in [-0.39, 0.29) is 36.4 Å². The van der Waals surface area contributed by atoms with Gasteiger partial charge in [0, 0.05) is 66.6 Å². The summed E-state index contributed by atoms with van der Waals surface area (Å²) >= 11 is 10.5. The van der Waals surface area contributed by atoms with E-state index in [2.05, 4.69) is 15.5 Å². The summed E-state index contributed by atoms with van der Waals surface area (Å²) in [7, 11) is 5.14. The number of carbonyl (C=O) groups is 2. The first-order valence-electron chi connectivity index (χ1n) is 16.7. The fourth-order valence-corrected chi connectivity index (χ4v) is 5.42. The van der Waals surface area contributed by atoms with Gasteiger partial charge in [0.25, 0.3) is 10.3 Å². The molecule has 0 aliphatic carbocycles. The average Bonchev–Trinajstić information content (AvgIpc) is 3.08. The lowest BCUT2D eigenvalue weighted by Gasteiger charge is -2.34. The molecule has 0 fully saturated rings. The van der Waals surface area contributed by atoms with Crippen molar-refractivity contribution in [1.82, 2.24) is 30.3 Å². The summed E-state index contributed by atoms with van der Waals surface area (Å²) in [4.78, 5) is 35.6. The van der Waals surface area contributed by atoms with Crippen LogP contribution in [0.5, 0.6) is 0 Å². The number of carboxylic acid groups (broad SMARTS) is 2. The van der Waals surface area contributed by atoms with Gasteiger partial charge in [-0.05, 0) is 56.5 Å². The van der Waals surface area contributed by atoms with Crippen molar-refractivity contribution in [1.29, 1.82) is 0 Å². The van der Waals surface area contributed by atoms with Gasteiger partial charge in [0.2, 0.25) is 0 Å². The van der Waals surface area contributed by atoms with Gasteiger partial charge in [-0.1, -0.05) is 6.07 Å². The van der Waals surface area contributed by atoms with Crippen LogP contribution in [0.15, 0.2) is 18.2 Å². The van der Waals surface area contributed by atoms with Crippen LogP contribution >= 0.6 is 24.4 Å². The number of hydrogen-bond donors (Lipinski definition) is 4. The van der Waals surface area contributed by atoms with Crippen LogP contribution in [0.4, 0.5) is 0 Å². The maximum Gasteiger partial charge on any atom is 0.320 e. The number of methoxy groups -OCH3 is 2. The number of hydrogen-bond acceptors (Lipinski definition) is 14. The highest BCUT2D eigenvalue weighted by Gasteiger charge is 2.29. The lowest BCUT2D eigenvalue weighted by molar-refractivity contribution is -0.144. The second-order valence-electron chi connectivity index (χ2n) is 11.5. The molecular formula is C32H54N6O10S2. The average molecular weight is 747 g/mol. The molecule has 1 aliphatic heterocycles. The van der Waals surface area contributed by atoms with E-state index in [0.29, 0.717) is 103 Å². The molecule has 0 amide bonds. The first-order chi connectivity index (χ1) is 24.1. The van der Waals surface area contributed by atoms with Gasteiger partial charge < -0.3 is 54.2 Å². The Hall–Kier alpha value is -2.81. The summed E-state index contributed by atoms with van der Waals surface area (Å²) in [6.45, 7) is 6.44. The number of carboxylic acids is 2. The van der Waals surface area contributed by atoms with Crippen LogP contribution in [-0.2, 0) is 51.1 Å². The number of ether oxygens (including phenoxy) is 6. The molecule has 0 saturated heterocycles. The molecule has 0 spiro atoms. The van der Waals surface area contributed by atoms with Crippen molar-refractivity contribution < 1.29 is 48.2 Å². The summed E-state index contributed by atoms with van der Waals surface area (Å²) in [6.07, 6.45) is 0.566. The van der Waals surface area contributed by atoms with E-state index in [4.69, 9.17) is 57.8 Å². The lowest BCUT2D eigenvalue weighted by atomic mass is 10.1. The van der Waals surface area contributed by atoms with Gasteiger partial charge in [0.05, 0.1) is 51.0 Å². The molecule has 16 nitrogen and oxygen atoms in total. The molecular weight excluding hydrogens is 693 g/mol. The zero-order valence-electron chi connectivity index (χ0n) is 29.4. The maximum absolute atomic E-state index is 12.5. The minimum atomic E-state index is -0.944. The Labute approximate surface area is 305 Å². The number of pyridine rings is 1. The number of thiocarbonyl (C=S) groups is 2. The van der Waals surface area contributed by atoms with E-state index in [9.17, 15) is 19.8 Å². The summed E-state index contributed by atoms with van der Waals surface area (Å²) in [6, 6.07) is 3.97. The zero-order valence-corrected chi connectivity index (χ0v) is 31.0. The third-order valence-electron chi connectivity index (χ3n) is 7.74. The van der Waals surface area contributed by atoms with E-state index in [0.717, 1.165) is 0 Å². The van der Waals surface area contributed by atoms with Gasteiger partial charge in [0.15, 0.2) is 0 Å². The molecule has 2 bridgehead atoms. The molecule has 18 heteroatoms. The SMILES string of the molecule is COCCOCCOC(=S)NCCC(C(=O)O)N1CCN(C)CCN(C(CCNC(=S)OCCOCCOC)C(=O)O)Cc2cccc(n2)C1. The highest BCUT2D eigenvalue weighted by molar-refractivity contribution is 7.80. The number of rotatable bonds is 22. The number of likely N-dealkylation sites (N-methyl/N-ethyl adjacent to an activating group) is 1. The second kappa shape index (κ2) is 26.0. The van der Waals surface area contributed by atoms with Crippen LogP contribution in [0.2, 0.25) is 0 Å². The van der Waals surface area contributed by atoms with Gasteiger partial charge >= 0.3 is 11.9 Å². The molecule has 4 N–H and O–H groups in total. The fraction of sp³-hybridized carbons (Fsp3) is 0.719. The largest absolute Gasteiger partial charge is 0.480 e. The summed E-state index contributed by atoms with van der Waals surface area (Å²) in [5.41, 5.74) is 1.39. The predicted molar refractivity (Wildman–Crippen MR) is 193 cm³/mol. The van der Waals surface area contributed by atoms with Gasteiger partial charge in [0.1, 0.15) is 25.3 Å². The monoisotopic (exact) mass is 746 g/mol. The number of aliphatic carboxylic acids is 2. The smallest absolute Gasteiger partial charge is 0.320 e. The first-order valence-corrected chi connectivity index (χ1v) is 17.5. The number of nitrogens with zero attached hydrogens (tertiary/aromatic N) is 4. The van der Waals surface area contributed by atoms with Crippen molar-refractivity contribution >= 4 is 46.7 Å².